The number of nitro groups is 1. The van der Waals surface area contributed by atoms with E-state index in [1.165, 1.54) is 0 Å². The van der Waals surface area contributed by atoms with Crippen molar-refractivity contribution in [3.63, 3.8) is 0 Å². The van der Waals surface area contributed by atoms with E-state index in [-0.39, 0.29) is 24.0 Å². The minimum absolute atomic E-state index is 0.154. The van der Waals surface area contributed by atoms with Gasteiger partial charge in [0.05, 0.1) is 24.7 Å². The number of carbonyl (C=O) groups excluding carboxylic acids is 1. The van der Waals surface area contributed by atoms with Crippen LogP contribution in [0.1, 0.15) is 39.0 Å². The Morgan fingerprint density at radius 3 is 2.90 bits per heavy atom. The maximum Gasteiger partial charge on any atom is 0.298 e. The van der Waals surface area contributed by atoms with Crippen molar-refractivity contribution in [1.82, 2.24) is 4.90 Å². The highest BCUT2D eigenvalue weighted by molar-refractivity contribution is 5.82. The Labute approximate surface area is 123 Å². The number of likely N-dealkylation sites (tertiary alicyclic amines) is 1. The molecular weight excluding hydrogens is 276 g/mol. The standard InChI is InChI=1S/C14H22N2O5/c1-2-3-4-5-6-15-10-7-9(11-8-20-14(10)21-11)12(13(15)17)16(18)19/h9-12,14H,2-8H2,1H3/t9-,10+,11+,12-,14-/m0/s1. The molecule has 0 radical (unpaired) electrons. The second-order valence-electron chi connectivity index (χ2n) is 6.17. The summed E-state index contributed by atoms with van der Waals surface area (Å²) in [7, 11) is 0. The van der Waals surface area contributed by atoms with Crippen molar-refractivity contribution >= 4 is 5.91 Å². The summed E-state index contributed by atoms with van der Waals surface area (Å²) in [5.74, 6) is -0.690. The maximum atomic E-state index is 12.5. The number of piperidine rings is 1. The van der Waals surface area contributed by atoms with E-state index in [1.54, 1.807) is 4.90 Å². The molecule has 0 aromatic heterocycles. The van der Waals surface area contributed by atoms with E-state index in [1.807, 2.05) is 0 Å². The highest BCUT2D eigenvalue weighted by Crippen LogP contribution is 2.41. The molecule has 3 rings (SSSR count). The van der Waals surface area contributed by atoms with Gasteiger partial charge in [0.1, 0.15) is 0 Å². The van der Waals surface area contributed by atoms with Crippen molar-refractivity contribution in [1.29, 1.82) is 0 Å². The molecule has 3 heterocycles. The number of hydrogen-bond acceptors (Lipinski definition) is 5. The van der Waals surface area contributed by atoms with Gasteiger partial charge in [0, 0.05) is 11.5 Å². The Bertz CT molecular complexity index is 430. The fourth-order valence-electron chi connectivity index (χ4n) is 3.76. The smallest absolute Gasteiger partial charge is 0.298 e. The first-order valence-corrected chi connectivity index (χ1v) is 7.84. The third-order valence-corrected chi connectivity index (χ3v) is 4.86. The van der Waals surface area contributed by atoms with Crippen molar-refractivity contribution in [2.24, 2.45) is 5.92 Å². The summed E-state index contributed by atoms with van der Waals surface area (Å²) >= 11 is 0. The summed E-state index contributed by atoms with van der Waals surface area (Å²) in [6.45, 7) is 3.06. The topological polar surface area (TPSA) is 81.9 Å². The summed E-state index contributed by atoms with van der Waals surface area (Å²) in [5.41, 5.74) is 0. The first kappa shape index (κ1) is 14.7. The summed E-state index contributed by atoms with van der Waals surface area (Å²) < 4.78 is 11.3. The van der Waals surface area contributed by atoms with E-state index < -0.39 is 17.3 Å². The minimum Gasteiger partial charge on any atom is -0.348 e. The molecule has 0 spiro atoms. The van der Waals surface area contributed by atoms with Crippen molar-refractivity contribution in [2.45, 2.75) is 63.5 Å². The molecule has 0 unspecified atom stereocenters. The molecule has 0 aromatic rings. The van der Waals surface area contributed by atoms with Gasteiger partial charge in [-0.15, -0.1) is 0 Å². The van der Waals surface area contributed by atoms with Crippen molar-refractivity contribution in [3.8, 4) is 0 Å². The molecule has 3 fully saturated rings. The van der Waals surface area contributed by atoms with Crippen molar-refractivity contribution in [3.05, 3.63) is 10.1 Å². The Morgan fingerprint density at radius 2 is 2.19 bits per heavy atom. The number of unbranched alkanes of at least 4 members (excludes halogenated alkanes) is 3. The lowest BCUT2D eigenvalue weighted by Gasteiger charge is -2.45. The van der Waals surface area contributed by atoms with Crippen LogP contribution in [0.15, 0.2) is 0 Å². The SMILES string of the molecule is CCCCCCN1C(=O)[C@@H]([N+](=O)[O-])[C@H]2C[C@@H]1[C@H]1OC[C@H]2O1. The molecule has 118 valence electrons. The molecule has 1 amide bonds. The van der Waals surface area contributed by atoms with Gasteiger partial charge >= 0.3 is 0 Å². The van der Waals surface area contributed by atoms with Crippen molar-refractivity contribution in [2.75, 3.05) is 13.2 Å². The van der Waals surface area contributed by atoms with E-state index in [4.69, 9.17) is 9.47 Å². The lowest BCUT2D eigenvalue weighted by molar-refractivity contribution is -0.525. The fourth-order valence-corrected chi connectivity index (χ4v) is 3.76. The van der Waals surface area contributed by atoms with Crippen LogP contribution in [0.25, 0.3) is 0 Å². The lowest BCUT2D eigenvalue weighted by Crippen LogP contribution is -2.64. The second-order valence-corrected chi connectivity index (χ2v) is 6.17. The minimum atomic E-state index is -1.17. The van der Waals surface area contributed by atoms with Crippen LogP contribution in [0.4, 0.5) is 0 Å². The molecule has 3 aliphatic heterocycles. The summed E-state index contributed by atoms with van der Waals surface area (Å²) in [5, 5.41) is 11.3. The van der Waals surface area contributed by atoms with Gasteiger partial charge in [-0.05, 0) is 12.8 Å². The zero-order valence-corrected chi connectivity index (χ0v) is 12.3. The van der Waals surface area contributed by atoms with Crippen LogP contribution < -0.4 is 0 Å². The van der Waals surface area contributed by atoms with Gasteiger partial charge in [0.25, 0.3) is 11.9 Å². The molecule has 0 saturated carbocycles. The molecular formula is C14H22N2O5. The van der Waals surface area contributed by atoms with Gasteiger partial charge in [-0.2, -0.15) is 0 Å². The molecule has 4 bridgehead atoms. The van der Waals surface area contributed by atoms with Gasteiger partial charge in [0.2, 0.25) is 0 Å². The van der Waals surface area contributed by atoms with Crippen LogP contribution in [0.5, 0.6) is 0 Å². The zero-order chi connectivity index (χ0) is 15.0. The quantitative estimate of drug-likeness (QED) is 0.418. The number of rotatable bonds is 6. The number of nitrogens with zero attached hydrogens (tertiary/aromatic N) is 2. The second kappa shape index (κ2) is 5.88. The Kier molecular flexibility index (Phi) is 4.12. The van der Waals surface area contributed by atoms with Gasteiger partial charge < -0.3 is 14.4 Å². The fraction of sp³-hybridized carbons (Fsp3) is 0.929. The molecule has 7 nitrogen and oxygen atoms in total. The molecule has 0 aliphatic carbocycles. The Balaban J connectivity index is 1.75. The van der Waals surface area contributed by atoms with Crippen LogP contribution in [0.2, 0.25) is 0 Å². The molecule has 5 atom stereocenters. The molecule has 21 heavy (non-hydrogen) atoms. The van der Waals surface area contributed by atoms with Crippen LogP contribution in [0.3, 0.4) is 0 Å². The first-order chi connectivity index (χ1) is 10.1. The average Bonchev–Trinajstić information content (AvgIpc) is 2.88. The normalized spacial score (nSPS) is 37.9. The molecule has 3 aliphatic rings. The third-order valence-electron chi connectivity index (χ3n) is 4.86. The number of amides is 1. The van der Waals surface area contributed by atoms with Crippen molar-refractivity contribution < 1.29 is 19.2 Å². The lowest BCUT2D eigenvalue weighted by atomic mass is 9.81. The predicted octanol–water partition coefficient (Wildman–Crippen LogP) is 1.18. The van der Waals surface area contributed by atoms with Gasteiger partial charge in [0.15, 0.2) is 6.29 Å². The van der Waals surface area contributed by atoms with E-state index in [9.17, 15) is 14.9 Å². The largest absolute Gasteiger partial charge is 0.348 e. The highest BCUT2D eigenvalue weighted by atomic mass is 16.7. The van der Waals surface area contributed by atoms with Gasteiger partial charge in [-0.25, -0.2) is 0 Å². The molecule has 0 N–H and O–H groups in total. The maximum absolute atomic E-state index is 12.5. The Morgan fingerprint density at radius 1 is 1.38 bits per heavy atom. The Hall–Kier alpha value is -1.21. The molecule has 3 saturated heterocycles. The monoisotopic (exact) mass is 298 g/mol. The summed E-state index contributed by atoms with van der Waals surface area (Å²) in [6, 6.07) is -1.32. The molecule has 7 heteroatoms. The van der Waals surface area contributed by atoms with Crippen LogP contribution >= 0.6 is 0 Å². The van der Waals surface area contributed by atoms with E-state index >= 15 is 0 Å². The van der Waals surface area contributed by atoms with Crippen LogP contribution in [-0.4, -0.2) is 53.4 Å². The van der Waals surface area contributed by atoms with Crippen LogP contribution in [0, 0.1) is 16.0 Å². The van der Waals surface area contributed by atoms with E-state index in [2.05, 4.69) is 6.92 Å². The van der Waals surface area contributed by atoms with Crippen LogP contribution in [-0.2, 0) is 14.3 Å². The van der Waals surface area contributed by atoms with Gasteiger partial charge in [-0.1, -0.05) is 26.2 Å². The number of hydrogen-bond donors (Lipinski definition) is 0. The third kappa shape index (κ3) is 2.53. The highest BCUT2D eigenvalue weighted by Gasteiger charge is 2.60. The van der Waals surface area contributed by atoms with E-state index in [0.717, 1.165) is 25.7 Å². The number of ether oxygens (including phenoxy) is 2. The predicted molar refractivity (Wildman–Crippen MR) is 73.1 cm³/mol. The molecule has 0 aromatic carbocycles. The summed E-state index contributed by atoms with van der Waals surface area (Å²) in [4.78, 5) is 25.1. The number of carbonyl (C=O) groups is 1. The average molecular weight is 298 g/mol. The zero-order valence-electron chi connectivity index (χ0n) is 12.3. The summed E-state index contributed by atoms with van der Waals surface area (Å²) in [6.07, 6.45) is 4.08. The van der Waals surface area contributed by atoms with Gasteiger partial charge in [-0.3, -0.25) is 14.9 Å². The van der Waals surface area contributed by atoms with E-state index in [0.29, 0.717) is 19.6 Å². The first-order valence-electron chi connectivity index (χ1n) is 7.84. The number of fused-ring (bicyclic) bond motifs is 6.